The maximum atomic E-state index is 11.8. The van der Waals surface area contributed by atoms with Crippen molar-refractivity contribution in [1.82, 2.24) is 0 Å². The largest absolute Gasteiger partial charge is 0.489 e. The van der Waals surface area contributed by atoms with Crippen LogP contribution in [0.25, 0.3) is 5.76 Å². The van der Waals surface area contributed by atoms with E-state index in [4.69, 9.17) is 9.47 Å². The zero-order valence-electron chi connectivity index (χ0n) is 11.3. The summed E-state index contributed by atoms with van der Waals surface area (Å²) in [6, 6.07) is 10.9. The van der Waals surface area contributed by atoms with E-state index < -0.39 is 5.97 Å². The number of esters is 1. The van der Waals surface area contributed by atoms with Crippen molar-refractivity contribution in [3.63, 3.8) is 0 Å². The minimum Gasteiger partial charge on any atom is -0.489 e. The van der Waals surface area contributed by atoms with E-state index in [-0.39, 0.29) is 24.0 Å². The molecular formula is C15H17NO3. The lowest BCUT2D eigenvalue weighted by atomic mass is 10.1. The molecular weight excluding hydrogens is 242 g/mol. The second-order valence-electron chi connectivity index (χ2n) is 4.07. The van der Waals surface area contributed by atoms with Crippen LogP contribution in [-0.2, 0) is 14.3 Å². The summed E-state index contributed by atoms with van der Waals surface area (Å²) in [6.07, 6.45) is -0.145. The molecule has 0 N–H and O–H groups in total. The van der Waals surface area contributed by atoms with Crippen molar-refractivity contribution in [3.8, 4) is 6.07 Å². The van der Waals surface area contributed by atoms with Crippen molar-refractivity contribution in [1.29, 1.82) is 5.26 Å². The summed E-state index contributed by atoms with van der Waals surface area (Å²) in [4.78, 5) is 11.8. The van der Waals surface area contributed by atoms with Crippen LogP contribution >= 0.6 is 0 Å². The van der Waals surface area contributed by atoms with Gasteiger partial charge < -0.3 is 9.47 Å². The molecule has 0 saturated carbocycles. The van der Waals surface area contributed by atoms with Crippen LogP contribution in [0, 0.1) is 11.3 Å². The van der Waals surface area contributed by atoms with Crippen molar-refractivity contribution in [2.45, 2.75) is 26.9 Å². The summed E-state index contributed by atoms with van der Waals surface area (Å²) in [6.45, 7) is 5.58. The Balaban J connectivity index is 3.28. The predicted octanol–water partition coefficient (Wildman–Crippen LogP) is 2.91. The van der Waals surface area contributed by atoms with Crippen molar-refractivity contribution in [2.75, 3.05) is 6.61 Å². The molecule has 0 fully saturated rings. The Bertz CT molecular complexity index is 498. The van der Waals surface area contributed by atoms with Gasteiger partial charge in [-0.15, -0.1) is 0 Å². The molecule has 0 aliphatic heterocycles. The molecule has 0 atom stereocenters. The smallest absolute Gasteiger partial charge is 0.352 e. The minimum absolute atomic E-state index is 0.109. The number of benzene rings is 1. The monoisotopic (exact) mass is 259 g/mol. The summed E-state index contributed by atoms with van der Waals surface area (Å²) in [5.74, 6) is -0.402. The quantitative estimate of drug-likeness (QED) is 0.353. The second kappa shape index (κ2) is 7.22. The van der Waals surface area contributed by atoms with Crippen molar-refractivity contribution < 1.29 is 14.3 Å². The lowest BCUT2D eigenvalue weighted by Gasteiger charge is -2.15. The van der Waals surface area contributed by atoms with Gasteiger partial charge in [0.05, 0.1) is 12.7 Å². The van der Waals surface area contributed by atoms with Crippen LogP contribution in [0.5, 0.6) is 0 Å². The van der Waals surface area contributed by atoms with Gasteiger partial charge in [0.25, 0.3) is 0 Å². The molecule has 100 valence electrons. The minimum atomic E-state index is -0.662. The number of ether oxygens (including phenoxy) is 2. The Morgan fingerprint density at radius 3 is 2.42 bits per heavy atom. The maximum Gasteiger partial charge on any atom is 0.352 e. The highest BCUT2D eigenvalue weighted by molar-refractivity contribution is 6.00. The van der Waals surface area contributed by atoms with E-state index in [1.165, 1.54) is 0 Å². The number of hydrogen-bond acceptors (Lipinski definition) is 4. The highest BCUT2D eigenvalue weighted by Crippen LogP contribution is 2.22. The molecule has 0 aromatic heterocycles. The maximum absolute atomic E-state index is 11.8. The molecule has 0 aliphatic carbocycles. The van der Waals surface area contributed by atoms with E-state index in [0.29, 0.717) is 5.56 Å². The standard InChI is InChI=1S/C15H17NO3/c1-4-18-15(17)13(10-16)14(19-11(2)3)12-8-6-5-7-9-12/h5-9,11H,4H2,1-3H3/b14-13-. The number of hydrogen-bond donors (Lipinski definition) is 0. The zero-order valence-corrected chi connectivity index (χ0v) is 11.3. The third kappa shape index (κ3) is 4.14. The van der Waals surface area contributed by atoms with Gasteiger partial charge in [0.2, 0.25) is 0 Å². The molecule has 0 amide bonds. The van der Waals surface area contributed by atoms with Gasteiger partial charge in [-0.05, 0) is 20.8 Å². The van der Waals surface area contributed by atoms with Gasteiger partial charge in [0, 0.05) is 5.56 Å². The van der Waals surface area contributed by atoms with Gasteiger partial charge in [-0.1, -0.05) is 30.3 Å². The van der Waals surface area contributed by atoms with Gasteiger partial charge in [-0.2, -0.15) is 5.26 Å². The van der Waals surface area contributed by atoms with Crippen molar-refractivity contribution in [3.05, 3.63) is 41.5 Å². The molecule has 19 heavy (non-hydrogen) atoms. The van der Waals surface area contributed by atoms with E-state index in [2.05, 4.69) is 0 Å². The van der Waals surface area contributed by atoms with Crippen molar-refractivity contribution in [2.24, 2.45) is 0 Å². The average molecular weight is 259 g/mol. The fraction of sp³-hybridized carbons (Fsp3) is 0.333. The summed E-state index contributed by atoms with van der Waals surface area (Å²) >= 11 is 0. The van der Waals surface area contributed by atoms with Crippen molar-refractivity contribution >= 4 is 11.7 Å². The molecule has 0 unspecified atom stereocenters. The molecule has 4 heteroatoms. The molecule has 1 rings (SSSR count). The van der Waals surface area contributed by atoms with E-state index in [1.54, 1.807) is 19.1 Å². The third-order valence-corrected chi connectivity index (χ3v) is 2.21. The molecule has 0 spiro atoms. The summed E-state index contributed by atoms with van der Waals surface area (Å²) in [5, 5.41) is 9.18. The Morgan fingerprint density at radius 2 is 1.95 bits per heavy atom. The van der Waals surface area contributed by atoms with Crippen LogP contribution in [0.2, 0.25) is 0 Å². The SMILES string of the molecule is CCOC(=O)/C(C#N)=C(\OC(C)C)c1ccccc1. The first-order chi connectivity index (χ1) is 9.10. The highest BCUT2D eigenvalue weighted by Gasteiger charge is 2.20. The van der Waals surface area contributed by atoms with Gasteiger partial charge in [0.1, 0.15) is 6.07 Å². The second-order valence-corrected chi connectivity index (χ2v) is 4.07. The first-order valence-electron chi connectivity index (χ1n) is 6.13. The fourth-order valence-electron chi connectivity index (χ4n) is 1.49. The van der Waals surface area contributed by atoms with Crippen LogP contribution < -0.4 is 0 Å². The van der Waals surface area contributed by atoms with E-state index in [9.17, 15) is 10.1 Å². The molecule has 0 aliphatic rings. The number of carbonyl (C=O) groups is 1. The van der Waals surface area contributed by atoms with Gasteiger partial charge in [0.15, 0.2) is 11.3 Å². The van der Waals surface area contributed by atoms with Crippen LogP contribution in [0.15, 0.2) is 35.9 Å². The van der Waals surface area contributed by atoms with Crippen LogP contribution in [-0.4, -0.2) is 18.7 Å². The molecule has 0 saturated heterocycles. The Kier molecular flexibility index (Phi) is 5.62. The van der Waals surface area contributed by atoms with E-state index in [1.807, 2.05) is 38.1 Å². The number of rotatable bonds is 5. The average Bonchev–Trinajstić information content (AvgIpc) is 2.39. The summed E-state index contributed by atoms with van der Waals surface area (Å²) in [7, 11) is 0. The summed E-state index contributed by atoms with van der Waals surface area (Å²) < 4.78 is 10.5. The number of nitrogens with zero attached hydrogens (tertiary/aromatic N) is 1. The Morgan fingerprint density at radius 1 is 1.32 bits per heavy atom. The lowest BCUT2D eigenvalue weighted by molar-refractivity contribution is -0.138. The predicted molar refractivity (Wildman–Crippen MR) is 71.8 cm³/mol. The number of carbonyl (C=O) groups excluding carboxylic acids is 1. The Labute approximate surface area is 113 Å². The normalized spacial score (nSPS) is 11.5. The lowest BCUT2D eigenvalue weighted by Crippen LogP contribution is -2.12. The highest BCUT2D eigenvalue weighted by atomic mass is 16.5. The summed E-state index contributed by atoms with van der Waals surface area (Å²) in [5.41, 5.74) is 0.572. The molecule has 0 radical (unpaired) electrons. The number of nitriles is 1. The van der Waals surface area contributed by atoms with Gasteiger partial charge in [-0.25, -0.2) is 4.79 Å². The first-order valence-corrected chi connectivity index (χ1v) is 6.13. The van der Waals surface area contributed by atoms with E-state index >= 15 is 0 Å². The van der Waals surface area contributed by atoms with Crippen LogP contribution in [0.1, 0.15) is 26.3 Å². The topological polar surface area (TPSA) is 59.3 Å². The molecule has 4 nitrogen and oxygen atoms in total. The molecule has 1 aromatic rings. The van der Waals surface area contributed by atoms with E-state index in [0.717, 1.165) is 0 Å². The van der Waals surface area contributed by atoms with Crippen LogP contribution in [0.4, 0.5) is 0 Å². The first kappa shape index (κ1) is 14.8. The molecule has 1 aromatic carbocycles. The molecule has 0 bridgehead atoms. The van der Waals surface area contributed by atoms with Gasteiger partial charge >= 0.3 is 5.97 Å². The zero-order chi connectivity index (χ0) is 14.3. The third-order valence-electron chi connectivity index (χ3n) is 2.21. The van der Waals surface area contributed by atoms with Gasteiger partial charge in [-0.3, -0.25) is 0 Å². The fourth-order valence-corrected chi connectivity index (χ4v) is 1.49. The van der Waals surface area contributed by atoms with Crippen LogP contribution in [0.3, 0.4) is 0 Å². The molecule has 0 heterocycles. The Hall–Kier alpha value is -2.28.